The number of benzene rings is 12. The molecule has 1 nitrogen and oxygen atoms in total. The van der Waals surface area contributed by atoms with E-state index in [1.807, 2.05) is 170 Å². The topological polar surface area (TPSA) is 3.24 Å². The van der Waals surface area contributed by atoms with Crippen LogP contribution in [0.1, 0.15) is 16.4 Å². The molecule has 0 heterocycles. The van der Waals surface area contributed by atoms with E-state index in [9.17, 15) is 16.4 Å². The Bertz CT molecular complexity index is 4320. The lowest BCUT2D eigenvalue weighted by atomic mass is 9.93. The van der Waals surface area contributed by atoms with Crippen LogP contribution in [0, 0.1) is 0 Å². The Hall–Kier alpha value is -8.78. The first-order valence-corrected chi connectivity index (χ1v) is 22.1. The zero-order valence-corrected chi connectivity index (χ0v) is 36.0. The van der Waals surface area contributed by atoms with Gasteiger partial charge in [-0.2, -0.15) is 0 Å². The van der Waals surface area contributed by atoms with E-state index < -0.39 is 89.6 Å². The van der Waals surface area contributed by atoms with Crippen LogP contribution in [0.5, 0.6) is 0 Å². The van der Waals surface area contributed by atoms with Gasteiger partial charge in [0.15, 0.2) is 0 Å². The number of fused-ring (bicyclic) bond motifs is 4. The van der Waals surface area contributed by atoms with Gasteiger partial charge in [0.25, 0.3) is 0 Å². The average Bonchev–Trinajstić information content (AvgIpc) is 3.66. The van der Waals surface area contributed by atoms with Crippen LogP contribution in [0.2, 0.25) is 0 Å². The maximum Gasteiger partial charge on any atom is 0.0645 e. The number of rotatable bonds is 9. The molecule has 0 unspecified atom stereocenters. The van der Waals surface area contributed by atoms with Crippen molar-refractivity contribution in [2.45, 2.75) is 0 Å². The molecule has 0 spiro atoms. The van der Waals surface area contributed by atoms with Crippen LogP contribution in [0.25, 0.3) is 99.1 Å². The minimum atomic E-state index is -0.687. The number of hydrogen-bond donors (Lipinski definition) is 0. The highest BCUT2D eigenvalue weighted by Gasteiger charge is 2.16. The molecule has 0 aliphatic rings. The summed E-state index contributed by atoms with van der Waals surface area (Å²) >= 11 is 0. The van der Waals surface area contributed by atoms with Crippen molar-refractivity contribution in [3.63, 3.8) is 0 Å². The molecule has 0 fully saturated rings. The van der Waals surface area contributed by atoms with Crippen molar-refractivity contribution in [1.29, 1.82) is 0 Å². The zero-order chi connectivity index (χ0) is 55.0. The molecule has 1 heteroatoms. The van der Waals surface area contributed by atoms with E-state index in [0.29, 0.717) is 22.1 Å². The highest BCUT2D eigenvalue weighted by Crippen LogP contribution is 2.41. The second-order valence-corrected chi connectivity index (χ2v) is 16.3. The van der Waals surface area contributed by atoms with Crippen molar-refractivity contribution >= 4 is 49.4 Å². The van der Waals surface area contributed by atoms with E-state index in [0.717, 1.165) is 65.2 Å². The molecule has 12 rings (SSSR count). The molecule has 0 N–H and O–H groups in total. The van der Waals surface area contributed by atoms with Crippen molar-refractivity contribution in [1.82, 2.24) is 0 Å². The first-order valence-electron chi connectivity index (χ1n) is 28.1. The fourth-order valence-electron chi connectivity index (χ4n) is 8.96. The van der Waals surface area contributed by atoms with Gasteiger partial charge in [-0.1, -0.05) is 206 Å². The van der Waals surface area contributed by atoms with Crippen LogP contribution in [0.4, 0.5) is 17.1 Å². The van der Waals surface area contributed by atoms with E-state index in [-0.39, 0.29) is 16.7 Å². The van der Waals surface area contributed by atoms with Gasteiger partial charge in [-0.25, -0.2) is 0 Å². The first-order chi connectivity index (χ1) is 38.2. The summed E-state index contributed by atoms with van der Waals surface area (Å²) in [7, 11) is 0. The van der Waals surface area contributed by atoms with Gasteiger partial charge in [0.1, 0.15) is 0 Å². The second kappa shape index (κ2) is 17.3. The molecular formula is C66H45N. The van der Waals surface area contributed by atoms with Crippen LogP contribution in [0.3, 0.4) is 0 Å². The third-order valence-corrected chi connectivity index (χ3v) is 12.2. The van der Waals surface area contributed by atoms with Crippen molar-refractivity contribution in [3.8, 4) is 66.8 Å². The molecule has 0 saturated carbocycles. The second-order valence-electron chi connectivity index (χ2n) is 16.3. The Kier molecular flexibility index (Phi) is 7.46. The minimum Gasteiger partial charge on any atom is -0.311 e. The van der Waals surface area contributed by atoms with Crippen molar-refractivity contribution < 1.29 is 16.4 Å². The Morgan fingerprint density at radius 2 is 0.627 bits per heavy atom. The first kappa shape index (κ1) is 28.9. The maximum atomic E-state index is 9.90. The Labute approximate surface area is 409 Å². The van der Waals surface area contributed by atoms with Gasteiger partial charge in [-0.05, 0) is 166 Å². The third-order valence-electron chi connectivity index (χ3n) is 12.2. The van der Waals surface area contributed by atoms with Gasteiger partial charge in [0.2, 0.25) is 0 Å². The molecule has 12 aromatic rings. The Morgan fingerprint density at radius 1 is 0.224 bits per heavy atom. The Morgan fingerprint density at radius 3 is 1.24 bits per heavy atom. The molecule has 0 saturated heterocycles. The summed E-state index contributed by atoms with van der Waals surface area (Å²) in [6.07, 6.45) is 0. The van der Waals surface area contributed by atoms with Crippen LogP contribution >= 0.6 is 0 Å². The summed E-state index contributed by atoms with van der Waals surface area (Å²) in [5.74, 6) is 0. The van der Waals surface area contributed by atoms with Gasteiger partial charge in [-0.3, -0.25) is 0 Å². The fourth-order valence-corrected chi connectivity index (χ4v) is 8.96. The summed E-state index contributed by atoms with van der Waals surface area (Å²) in [6.45, 7) is 0. The lowest BCUT2D eigenvalue weighted by molar-refractivity contribution is 1.28. The Balaban J connectivity index is 1.12. The smallest absolute Gasteiger partial charge is 0.0645 e. The third kappa shape index (κ3) is 7.73. The molecule has 0 amide bonds. The van der Waals surface area contributed by atoms with Gasteiger partial charge < -0.3 is 4.90 Å². The van der Waals surface area contributed by atoms with E-state index in [4.69, 9.17) is 0 Å². The fraction of sp³-hybridized carbons (Fsp3) is 0. The molecule has 0 aliphatic heterocycles. The van der Waals surface area contributed by atoms with Gasteiger partial charge in [0.05, 0.1) is 16.4 Å². The molecule has 0 radical (unpaired) electrons. The molecular weight excluding hydrogens is 807 g/mol. The molecule has 12 aromatic carbocycles. The standard InChI is InChI=1S/C66H45N/c1-3-15-46(16-4-1)55-42-56(47-17-5-2-6-18-47)44-57(43-55)49-31-37-59(38-32-49)67(60-39-33-51(34-40-60)66-45-54-20-8-10-25-63(54)64-26-11-12-27-65(64)66)58-35-29-48(30-36-58)52-22-13-23-53(41-52)62-28-14-21-50-19-7-9-24-61(50)62/h1-45H/i29D,30D,31D,32D,33D,34D,35D,36D,37D,38D,39D,40D. The molecule has 0 aliphatic carbocycles. The van der Waals surface area contributed by atoms with Gasteiger partial charge in [-0.15, -0.1) is 0 Å². The zero-order valence-electron chi connectivity index (χ0n) is 48.0. The predicted octanol–water partition coefficient (Wildman–Crippen LogP) is 18.6. The SMILES string of the molecule is [2H]c1c([2H])c(N(c2c([2H])c([2H])c(-c3cccc(-c4cccc5ccccc45)c3)c([2H])c2[2H])c2c([2H])c([2H])c(-c3cc4ccccc4c4ccccc34)c([2H])c2[2H])c([2H])c([2H])c1-c1cc(-c2ccccc2)cc(-c2ccccc2)c1. The van der Waals surface area contributed by atoms with Gasteiger partial charge >= 0.3 is 0 Å². The minimum absolute atomic E-state index is 0.0518. The normalized spacial score (nSPS) is 13.8. The lowest BCUT2D eigenvalue weighted by Gasteiger charge is -2.26. The number of nitrogens with zero attached hydrogens (tertiary/aromatic N) is 1. The summed E-state index contributed by atoms with van der Waals surface area (Å²) < 4.78 is 118. The van der Waals surface area contributed by atoms with Crippen LogP contribution in [-0.4, -0.2) is 0 Å². The lowest BCUT2D eigenvalue weighted by Crippen LogP contribution is -2.09. The van der Waals surface area contributed by atoms with Gasteiger partial charge in [0, 0.05) is 17.1 Å². The summed E-state index contributed by atoms with van der Waals surface area (Å²) in [4.78, 5) is 0.875. The van der Waals surface area contributed by atoms with Crippen LogP contribution in [0.15, 0.2) is 273 Å². The number of hydrogen-bond acceptors (Lipinski definition) is 1. The summed E-state index contributed by atoms with van der Waals surface area (Å²) in [6, 6.07) is 55.3. The molecule has 0 atom stereocenters. The quantitative estimate of drug-likeness (QED) is 0.131. The monoisotopic (exact) mass is 863 g/mol. The average molecular weight is 864 g/mol. The van der Waals surface area contributed by atoms with Crippen LogP contribution < -0.4 is 4.90 Å². The summed E-state index contributed by atoms with van der Waals surface area (Å²) in [5, 5.41) is 5.17. The molecule has 314 valence electrons. The highest BCUT2D eigenvalue weighted by atomic mass is 15.1. The number of anilines is 3. The van der Waals surface area contributed by atoms with Crippen LogP contribution in [-0.2, 0) is 0 Å². The molecule has 0 bridgehead atoms. The highest BCUT2D eigenvalue weighted by molar-refractivity contribution is 6.13. The van der Waals surface area contributed by atoms with Crippen molar-refractivity contribution in [3.05, 3.63) is 273 Å². The van der Waals surface area contributed by atoms with E-state index in [2.05, 4.69) is 0 Å². The predicted molar refractivity (Wildman–Crippen MR) is 286 cm³/mol. The van der Waals surface area contributed by atoms with E-state index in [1.54, 1.807) is 30.3 Å². The van der Waals surface area contributed by atoms with Crippen molar-refractivity contribution in [2.75, 3.05) is 4.90 Å². The van der Waals surface area contributed by atoms with E-state index >= 15 is 0 Å². The maximum absolute atomic E-state index is 9.90. The largest absolute Gasteiger partial charge is 0.311 e. The van der Waals surface area contributed by atoms with E-state index in [1.165, 1.54) is 0 Å². The molecule has 67 heavy (non-hydrogen) atoms. The summed E-state index contributed by atoms with van der Waals surface area (Å²) in [5.41, 5.74) is 3.95. The van der Waals surface area contributed by atoms with Crippen molar-refractivity contribution in [2.24, 2.45) is 0 Å². The molecule has 0 aromatic heterocycles.